The molecule has 0 fully saturated rings. The molecule has 0 saturated carbocycles. The number of aromatic nitrogens is 5. The third-order valence-electron chi connectivity index (χ3n) is 3.82. The molecular weight excluding hydrogens is 412 g/mol. The second kappa shape index (κ2) is 9.44. The van der Waals surface area contributed by atoms with Gasteiger partial charge in [0.25, 0.3) is 0 Å². The van der Waals surface area contributed by atoms with Crippen LogP contribution in [-0.4, -0.2) is 36.6 Å². The molecule has 28 heavy (non-hydrogen) atoms. The highest BCUT2D eigenvalue weighted by molar-refractivity contribution is 7.99. The maximum absolute atomic E-state index is 12.2. The van der Waals surface area contributed by atoms with Crippen molar-refractivity contribution in [3.63, 3.8) is 0 Å². The minimum Gasteiger partial charge on any atom is -0.300 e. The summed E-state index contributed by atoms with van der Waals surface area (Å²) in [6, 6.07) is 2.15. The predicted molar refractivity (Wildman–Crippen MR) is 116 cm³/mol. The summed E-state index contributed by atoms with van der Waals surface area (Å²) in [7, 11) is 0. The highest BCUT2D eigenvalue weighted by atomic mass is 32.2. The van der Waals surface area contributed by atoms with Crippen molar-refractivity contribution in [3.8, 4) is 11.4 Å². The molecule has 3 aromatic rings. The summed E-state index contributed by atoms with van der Waals surface area (Å²) in [5.41, 5.74) is 1.04. The van der Waals surface area contributed by atoms with E-state index in [9.17, 15) is 4.79 Å². The van der Waals surface area contributed by atoms with Crippen molar-refractivity contribution in [2.45, 2.75) is 44.8 Å². The molecule has 3 heterocycles. The molecule has 0 atom stereocenters. The van der Waals surface area contributed by atoms with Crippen LogP contribution in [0.25, 0.3) is 11.4 Å². The van der Waals surface area contributed by atoms with E-state index in [1.165, 1.54) is 28.0 Å². The van der Waals surface area contributed by atoms with Gasteiger partial charge in [-0.1, -0.05) is 49.9 Å². The second-order valence-electron chi connectivity index (χ2n) is 6.29. The first-order valence-corrected chi connectivity index (χ1v) is 11.6. The molecule has 1 amide bonds. The summed E-state index contributed by atoms with van der Waals surface area (Å²) in [5.74, 6) is 1.34. The van der Waals surface area contributed by atoms with Crippen molar-refractivity contribution < 1.29 is 4.79 Å². The number of hydrogen-bond acceptors (Lipinski definition) is 8. The maximum Gasteiger partial charge on any atom is 0.236 e. The molecule has 3 rings (SSSR count). The molecular formula is C18H22N6OS3. The Morgan fingerprint density at radius 2 is 2.18 bits per heavy atom. The molecule has 0 aliphatic heterocycles. The van der Waals surface area contributed by atoms with E-state index < -0.39 is 0 Å². The van der Waals surface area contributed by atoms with Gasteiger partial charge in [-0.3, -0.25) is 14.7 Å². The van der Waals surface area contributed by atoms with E-state index >= 15 is 0 Å². The molecule has 1 N–H and O–H groups in total. The minimum absolute atomic E-state index is 0.142. The number of anilines is 1. The van der Waals surface area contributed by atoms with Crippen LogP contribution in [0.2, 0.25) is 0 Å². The van der Waals surface area contributed by atoms with E-state index in [0.717, 1.165) is 22.8 Å². The van der Waals surface area contributed by atoms with Crippen LogP contribution in [-0.2, 0) is 17.8 Å². The molecule has 0 radical (unpaired) electrons. The first-order chi connectivity index (χ1) is 13.5. The van der Waals surface area contributed by atoms with Crippen molar-refractivity contribution in [2.75, 3.05) is 11.1 Å². The van der Waals surface area contributed by atoms with Crippen LogP contribution in [0.15, 0.2) is 29.3 Å². The number of amides is 1. The third-order valence-corrected chi connectivity index (χ3v) is 7.01. The Balaban J connectivity index is 1.70. The molecule has 0 saturated heterocycles. The fourth-order valence-electron chi connectivity index (χ4n) is 2.41. The number of allylic oxidation sites excluding steroid dienone is 1. The Kier molecular flexibility index (Phi) is 6.97. The number of carbonyl (C=O) groups is 1. The Bertz CT molecular complexity index is 958. The van der Waals surface area contributed by atoms with E-state index in [1.54, 1.807) is 17.4 Å². The van der Waals surface area contributed by atoms with E-state index in [0.29, 0.717) is 22.8 Å². The van der Waals surface area contributed by atoms with Gasteiger partial charge in [0, 0.05) is 22.4 Å². The molecule has 148 valence electrons. The van der Waals surface area contributed by atoms with Crippen LogP contribution in [0, 0.1) is 0 Å². The number of aryl methyl sites for hydroxylation is 1. The van der Waals surface area contributed by atoms with E-state index in [1.807, 2.05) is 11.5 Å². The van der Waals surface area contributed by atoms with Gasteiger partial charge in [-0.05, 0) is 18.4 Å². The molecule has 0 unspecified atom stereocenters. The number of rotatable bonds is 9. The molecule has 0 aromatic carbocycles. The van der Waals surface area contributed by atoms with Gasteiger partial charge >= 0.3 is 0 Å². The standard InChI is InChI=1S/C18H22N6OS3/c1-5-7-24-16(12-8-13(11(3)4)26-9-12)21-23-18(24)27-10-14(25)19-17-22-20-15(6-2)28-17/h5,8-9,11H,1,6-7,10H2,2-4H3,(H,19,22,25). The minimum atomic E-state index is -0.142. The zero-order chi connectivity index (χ0) is 20.1. The molecule has 0 bridgehead atoms. The Labute approximate surface area is 176 Å². The molecule has 7 nitrogen and oxygen atoms in total. The summed E-state index contributed by atoms with van der Waals surface area (Å²) in [6.45, 7) is 10.8. The zero-order valence-electron chi connectivity index (χ0n) is 16.0. The van der Waals surface area contributed by atoms with Gasteiger partial charge in [0.15, 0.2) is 11.0 Å². The highest BCUT2D eigenvalue weighted by Gasteiger charge is 2.17. The van der Waals surface area contributed by atoms with Gasteiger partial charge in [-0.15, -0.1) is 38.3 Å². The summed E-state index contributed by atoms with van der Waals surface area (Å²) in [5, 5.41) is 23.6. The van der Waals surface area contributed by atoms with Crippen LogP contribution >= 0.6 is 34.4 Å². The fourth-order valence-corrected chi connectivity index (χ4v) is 4.76. The van der Waals surface area contributed by atoms with Crippen LogP contribution in [0.5, 0.6) is 0 Å². The number of thioether (sulfide) groups is 1. The molecule has 0 spiro atoms. The highest BCUT2D eigenvalue weighted by Crippen LogP contribution is 2.31. The van der Waals surface area contributed by atoms with Gasteiger partial charge in [-0.2, -0.15) is 0 Å². The van der Waals surface area contributed by atoms with E-state index in [2.05, 4.69) is 57.6 Å². The Morgan fingerprint density at radius 1 is 1.36 bits per heavy atom. The summed E-state index contributed by atoms with van der Waals surface area (Å²) >= 11 is 4.46. The topological polar surface area (TPSA) is 85.6 Å². The van der Waals surface area contributed by atoms with Crippen molar-refractivity contribution in [2.24, 2.45) is 0 Å². The van der Waals surface area contributed by atoms with Crippen molar-refractivity contribution >= 4 is 45.5 Å². The quantitative estimate of drug-likeness (QED) is 0.395. The van der Waals surface area contributed by atoms with Gasteiger partial charge in [0.2, 0.25) is 11.0 Å². The van der Waals surface area contributed by atoms with Crippen LogP contribution < -0.4 is 5.32 Å². The van der Waals surface area contributed by atoms with Crippen molar-refractivity contribution in [1.82, 2.24) is 25.0 Å². The Morgan fingerprint density at radius 3 is 2.82 bits per heavy atom. The lowest BCUT2D eigenvalue weighted by Crippen LogP contribution is -2.14. The number of carbonyl (C=O) groups excluding carboxylic acids is 1. The van der Waals surface area contributed by atoms with Gasteiger partial charge in [0.05, 0.1) is 5.75 Å². The second-order valence-corrected chi connectivity index (χ2v) is 9.24. The fraction of sp³-hybridized carbons (Fsp3) is 0.389. The van der Waals surface area contributed by atoms with Crippen LogP contribution in [0.3, 0.4) is 0 Å². The molecule has 3 aromatic heterocycles. The zero-order valence-corrected chi connectivity index (χ0v) is 18.5. The number of nitrogens with one attached hydrogen (secondary N) is 1. The van der Waals surface area contributed by atoms with Gasteiger partial charge in [-0.25, -0.2) is 0 Å². The smallest absolute Gasteiger partial charge is 0.236 e. The van der Waals surface area contributed by atoms with Crippen molar-refractivity contribution in [3.05, 3.63) is 34.0 Å². The maximum atomic E-state index is 12.2. The predicted octanol–water partition coefficient (Wildman–Crippen LogP) is 4.46. The van der Waals surface area contributed by atoms with Crippen LogP contribution in [0.4, 0.5) is 5.13 Å². The van der Waals surface area contributed by atoms with E-state index in [-0.39, 0.29) is 11.7 Å². The summed E-state index contributed by atoms with van der Waals surface area (Å²) in [4.78, 5) is 13.5. The third kappa shape index (κ3) is 4.86. The first-order valence-electron chi connectivity index (χ1n) is 8.89. The lowest BCUT2D eigenvalue weighted by atomic mass is 10.1. The molecule has 0 aliphatic carbocycles. The lowest BCUT2D eigenvalue weighted by molar-refractivity contribution is -0.113. The van der Waals surface area contributed by atoms with Gasteiger partial charge < -0.3 is 0 Å². The summed E-state index contributed by atoms with van der Waals surface area (Å²) in [6.07, 6.45) is 2.61. The lowest BCUT2D eigenvalue weighted by Gasteiger charge is -2.06. The number of nitrogens with zero attached hydrogens (tertiary/aromatic N) is 5. The average Bonchev–Trinajstić information content (AvgIpc) is 3.39. The van der Waals surface area contributed by atoms with Crippen LogP contribution in [0.1, 0.15) is 36.6 Å². The first kappa shape index (κ1) is 20.7. The monoisotopic (exact) mass is 434 g/mol. The average molecular weight is 435 g/mol. The number of thiophene rings is 1. The van der Waals surface area contributed by atoms with Crippen molar-refractivity contribution in [1.29, 1.82) is 0 Å². The van der Waals surface area contributed by atoms with E-state index in [4.69, 9.17) is 0 Å². The SMILES string of the molecule is C=CCn1c(SCC(=O)Nc2nnc(CC)s2)nnc1-c1csc(C(C)C)c1. The number of hydrogen-bond donors (Lipinski definition) is 1. The molecule has 10 heteroatoms. The Hall–Kier alpha value is -2.04. The summed E-state index contributed by atoms with van der Waals surface area (Å²) < 4.78 is 1.98. The normalized spacial score (nSPS) is 11.1. The largest absolute Gasteiger partial charge is 0.300 e. The molecule has 0 aliphatic rings. The van der Waals surface area contributed by atoms with Gasteiger partial charge in [0.1, 0.15) is 5.01 Å².